The number of hydrogen-bond acceptors (Lipinski definition) is 3. The van der Waals surface area contributed by atoms with E-state index in [1.165, 1.54) is 0 Å². The summed E-state index contributed by atoms with van der Waals surface area (Å²) in [4.78, 5) is 13.4. The fraction of sp³-hybridized carbons (Fsp3) is 0.900. The number of nitrogens with zero attached hydrogens (tertiary/aromatic N) is 1. The van der Waals surface area contributed by atoms with Gasteiger partial charge in [0.15, 0.2) is 0 Å². The van der Waals surface area contributed by atoms with Gasteiger partial charge in [-0.2, -0.15) is 0 Å². The molecule has 1 saturated heterocycles. The van der Waals surface area contributed by atoms with Crippen LogP contribution in [0.15, 0.2) is 0 Å². The predicted molar refractivity (Wildman–Crippen MR) is 66.2 cm³/mol. The molecule has 1 fully saturated rings. The van der Waals surface area contributed by atoms with Crippen molar-refractivity contribution in [1.29, 1.82) is 0 Å². The molecule has 88 valence electrons. The van der Waals surface area contributed by atoms with Crippen molar-refractivity contribution in [2.75, 3.05) is 17.7 Å². The summed E-state index contributed by atoms with van der Waals surface area (Å²) in [7, 11) is 0. The Balaban J connectivity index is 2.37. The summed E-state index contributed by atoms with van der Waals surface area (Å²) in [5.41, 5.74) is -0.417. The molecule has 1 aliphatic heterocycles. The fourth-order valence-electron chi connectivity index (χ4n) is 1.45. The minimum atomic E-state index is -0.417. The Labute approximate surface area is 104 Å². The third-order valence-electron chi connectivity index (χ3n) is 2.10. The van der Waals surface area contributed by atoms with E-state index in [-0.39, 0.29) is 12.2 Å². The highest BCUT2D eigenvalue weighted by Gasteiger charge is 2.29. The van der Waals surface area contributed by atoms with Gasteiger partial charge in [0.05, 0.1) is 17.3 Å². The Bertz CT molecular complexity index is 227. The Morgan fingerprint density at radius 2 is 2.20 bits per heavy atom. The van der Waals surface area contributed by atoms with Gasteiger partial charge in [-0.05, 0) is 27.2 Å². The van der Waals surface area contributed by atoms with E-state index in [0.717, 1.165) is 13.0 Å². The van der Waals surface area contributed by atoms with Crippen LogP contribution in [0.25, 0.3) is 0 Å². The number of carbonyl (C=O) groups is 1. The highest BCUT2D eigenvalue weighted by Crippen LogP contribution is 2.17. The minimum absolute atomic E-state index is 0.175. The van der Waals surface area contributed by atoms with Crippen LogP contribution >= 0.6 is 22.6 Å². The van der Waals surface area contributed by atoms with Crippen molar-refractivity contribution in [2.45, 2.75) is 38.9 Å². The maximum absolute atomic E-state index is 11.7. The molecule has 5 heteroatoms. The summed E-state index contributed by atoms with van der Waals surface area (Å²) in [5.74, 6) is 0. The molecule has 0 N–H and O–H groups in total. The zero-order valence-electron chi connectivity index (χ0n) is 9.46. The van der Waals surface area contributed by atoms with Crippen molar-refractivity contribution in [3.05, 3.63) is 0 Å². The number of likely N-dealkylation sites (tertiary alicyclic amines) is 1. The van der Waals surface area contributed by atoms with Crippen LogP contribution in [0.1, 0.15) is 27.2 Å². The molecule has 1 rings (SSSR count). The Hall–Kier alpha value is -0.0400. The number of halogens is 1. The standard InChI is InChI=1S/C10H18INO3/c1-10(2,3)15-9(13)12-5-4-8(6-12)14-7-11/h8H,4-7H2,1-3H3/t8-/m0/s1. The molecule has 0 unspecified atom stereocenters. The molecule has 1 heterocycles. The van der Waals surface area contributed by atoms with E-state index in [2.05, 4.69) is 22.6 Å². The van der Waals surface area contributed by atoms with Crippen LogP contribution in [0.4, 0.5) is 4.79 Å². The van der Waals surface area contributed by atoms with E-state index in [9.17, 15) is 4.79 Å². The maximum Gasteiger partial charge on any atom is 0.410 e. The summed E-state index contributed by atoms with van der Waals surface area (Å²) < 4.78 is 11.4. The number of ether oxygens (including phenoxy) is 2. The quantitative estimate of drug-likeness (QED) is 0.577. The number of alkyl halides is 1. The van der Waals surface area contributed by atoms with Gasteiger partial charge in [0, 0.05) is 6.54 Å². The highest BCUT2D eigenvalue weighted by molar-refractivity contribution is 14.1. The minimum Gasteiger partial charge on any atom is -0.444 e. The van der Waals surface area contributed by atoms with Crippen molar-refractivity contribution in [2.24, 2.45) is 0 Å². The van der Waals surface area contributed by atoms with Gasteiger partial charge in [-0.1, -0.05) is 22.6 Å². The van der Waals surface area contributed by atoms with Gasteiger partial charge >= 0.3 is 6.09 Å². The molecule has 4 nitrogen and oxygen atoms in total. The SMILES string of the molecule is CC(C)(C)OC(=O)N1CC[C@H](OCI)C1. The average molecular weight is 327 g/mol. The van der Waals surface area contributed by atoms with Crippen molar-refractivity contribution < 1.29 is 14.3 Å². The smallest absolute Gasteiger partial charge is 0.410 e. The van der Waals surface area contributed by atoms with Crippen molar-refractivity contribution >= 4 is 28.7 Å². The molecule has 0 aromatic rings. The first-order valence-corrected chi connectivity index (χ1v) is 6.60. The van der Waals surface area contributed by atoms with E-state index < -0.39 is 5.60 Å². The van der Waals surface area contributed by atoms with Crippen molar-refractivity contribution in [3.8, 4) is 0 Å². The molecular formula is C10H18INO3. The molecule has 0 radical (unpaired) electrons. The lowest BCUT2D eigenvalue weighted by atomic mass is 10.2. The normalized spacial score (nSPS) is 21.9. The third-order valence-corrected chi connectivity index (χ3v) is 2.45. The van der Waals surface area contributed by atoms with Gasteiger partial charge in [-0.15, -0.1) is 0 Å². The first-order chi connectivity index (χ1) is 6.92. The number of rotatable bonds is 2. The molecular weight excluding hydrogens is 309 g/mol. The summed E-state index contributed by atoms with van der Waals surface area (Å²) in [6, 6.07) is 0. The molecule has 0 aromatic heterocycles. The van der Waals surface area contributed by atoms with Gasteiger partial charge < -0.3 is 14.4 Å². The van der Waals surface area contributed by atoms with Crippen LogP contribution in [0.3, 0.4) is 0 Å². The summed E-state index contributed by atoms with van der Waals surface area (Å²) >= 11 is 2.17. The lowest BCUT2D eigenvalue weighted by Crippen LogP contribution is -2.36. The van der Waals surface area contributed by atoms with Crippen molar-refractivity contribution in [1.82, 2.24) is 4.90 Å². The van der Waals surface area contributed by atoms with Gasteiger partial charge in [-0.3, -0.25) is 0 Å². The molecule has 1 aliphatic rings. The first-order valence-electron chi connectivity index (χ1n) is 5.08. The van der Waals surface area contributed by atoms with Crippen molar-refractivity contribution in [3.63, 3.8) is 0 Å². The summed E-state index contributed by atoms with van der Waals surface area (Å²) in [6.45, 7) is 7.01. The highest BCUT2D eigenvalue weighted by atomic mass is 127. The predicted octanol–water partition coefficient (Wildman–Crippen LogP) is 2.40. The molecule has 1 amide bonds. The molecule has 0 bridgehead atoms. The second kappa shape index (κ2) is 5.34. The molecule has 0 aliphatic carbocycles. The van der Waals surface area contributed by atoms with Crippen LogP contribution in [0.5, 0.6) is 0 Å². The van der Waals surface area contributed by atoms with Gasteiger partial charge in [-0.25, -0.2) is 4.79 Å². The van der Waals surface area contributed by atoms with E-state index in [4.69, 9.17) is 9.47 Å². The monoisotopic (exact) mass is 327 g/mol. The second-order valence-corrected chi connectivity index (χ2v) is 5.24. The van der Waals surface area contributed by atoms with E-state index >= 15 is 0 Å². The van der Waals surface area contributed by atoms with E-state index in [1.54, 1.807) is 4.90 Å². The topological polar surface area (TPSA) is 38.8 Å². The largest absolute Gasteiger partial charge is 0.444 e. The molecule has 0 saturated carbocycles. The molecule has 0 aromatic carbocycles. The lowest BCUT2D eigenvalue weighted by Gasteiger charge is -2.24. The lowest BCUT2D eigenvalue weighted by molar-refractivity contribution is 0.0250. The second-order valence-electron chi connectivity index (χ2n) is 4.61. The van der Waals surface area contributed by atoms with Crippen LogP contribution in [-0.2, 0) is 9.47 Å². The van der Waals surface area contributed by atoms with E-state index in [1.807, 2.05) is 20.8 Å². The fourth-order valence-corrected chi connectivity index (χ4v) is 1.95. The van der Waals surface area contributed by atoms with Crippen LogP contribution in [0.2, 0.25) is 0 Å². The van der Waals surface area contributed by atoms with Gasteiger partial charge in [0.1, 0.15) is 5.60 Å². The molecule has 0 spiro atoms. The zero-order chi connectivity index (χ0) is 11.5. The van der Waals surface area contributed by atoms with Crippen LogP contribution < -0.4 is 0 Å². The van der Waals surface area contributed by atoms with Crippen LogP contribution in [-0.4, -0.2) is 40.4 Å². The zero-order valence-corrected chi connectivity index (χ0v) is 11.6. The van der Waals surface area contributed by atoms with Gasteiger partial charge in [0.25, 0.3) is 0 Å². The van der Waals surface area contributed by atoms with Crippen LogP contribution in [0, 0.1) is 0 Å². The Morgan fingerprint density at radius 1 is 1.53 bits per heavy atom. The third kappa shape index (κ3) is 4.55. The van der Waals surface area contributed by atoms with Gasteiger partial charge in [0.2, 0.25) is 0 Å². The maximum atomic E-state index is 11.7. The Morgan fingerprint density at radius 3 is 2.73 bits per heavy atom. The summed E-state index contributed by atoms with van der Waals surface area (Å²) in [5, 5.41) is 0. The molecule has 15 heavy (non-hydrogen) atoms. The van der Waals surface area contributed by atoms with E-state index in [0.29, 0.717) is 11.2 Å². The summed E-state index contributed by atoms with van der Waals surface area (Å²) in [6.07, 6.45) is 0.846. The Kier molecular flexibility index (Phi) is 4.64. The average Bonchev–Trinajstić information content (AvgIpc) is 2.50. The molecule has 1 atom stereocenters. The first kappa shape index (κ1) is 13.0. The number of hydrogen-bond donors (Lipinski definition) is 0. The number of carbonyl (C=O) groups excluding carboxylic acids is 1. The number of amides is 1.